The highest BCUT2D eigenvalue weighted by Gasteiger charge is 1.89. The van der Waals surface area contributed by atoms with Crippen molar-refractivity contribution in [3.05, 3.63) is 6.08 Å². The molecule has 0 atom stereocenters. The third-order valence-corrected chi connectivity index (χ3v) is 1.25. The summed E-state index contributed by atoms with van der Waals surface area (Å²) in [5.74, 6) is 3.00. The summed E-state index contributed by atoms with van der Waals surface area (Å²) in [4.78, 5) is 9.87. The van der Waals surface area contributed by atoms with Crippen LogP contribution in [-0.4, -0.2) is 29.8 Å². The Kier molecular flexibility index (Phi) is 5.69. The van der Waals surface area contributed by atoms with Crippen molar-refractivity contribution in [2.24, 2.45) is 0 Å². The second kappa shape index (κ2) is 6.24. The van der Waals surface area contributed by atoms with E-state index in [0.29, 0.717) is 6.42 Å². The van der Waals surface area contributed by atoms with E-state index in [1.54, 1.807) is 6.08 Å². The van der Waals surface area contributed by atoms with Gasteiger partial charge in [0.2, 0.25) is 0 Å². The minimum atomic E-state index is 0.469. The molecule has 10 heavy (non-hydrogen) atoms. The lowest BCUT2D eigenvalue weighted by Gasteiger charge is -1.86. The zero-order valence-corrected chi connectivity index (χ0v) is 6.63. The molecule has 56 valence electrons. The summed E-state index contributed by atoms with van der Waals surface area (Å²) in [7, 11) is 0. The number of aldehydes is 1. The van der Waals surface area contributed by atoms with Crippen LogP contribution in [0.3, 0.4) is 0 Å². The van der Waals surface area contributed by atoms with Crippen molar-refractivity contribution in [3.63, 3.8) is 0 Å². The molecule has 0 aliphatic carbocycles. The molecule has 0 aromatic rings. The van der Waals surface area contributed by atoms with Gasteiger partial charge in [-0.15, -0.1) is 0 Å². The average molecular weight is 140 g/mol. The van der Waals surface area contributed by atoms with Gasteiger partial charge in [0.15, 0.2) is 5.87 Å². The van der Waals surface area contributed by atoms with Gasteiger partial charge in [-0.25, -0.2) is 0 Å². The fourth-order valence-corrected chi connectivity index (χ4v) is 0.636. The first-order valence-corrected chi connectivity index (χ1v) is 3.61. The Morgan fingerprint density at radius 3 is 2.40 bits per heavy atom. The lowest BCUT2D eigenvalue weighted by molar-refractivity contribution is -0.513. The molecule has 0 aromatic carbocycles. The van der Waals surface area contributed by atoms with Crippen LogP contribution in [0.2, 0.25) is 0 Å². The Labute approximate surface area is 61.9 Å². The number of carbonyl (C=O) groups excluding carboxylic acids is 1. The summed E-state index contributed by atoms with van der Waals surface area (Å²) >= 11 is 0. The monoisotopic (exact) mass is 140 g/mol. The zero-order chi connectivity index (χ0) is 7.82. The Hall–Kier alpha value is -0.880. The number of rotatable bonds is 4. The fourth-order valence-electron chi connectivity index (χ4n) is 0.636. The second-order valence-corrected chi connectivity index (χ2v) is 1.91. The lowest BCUT2D eigenvalue weighted by Crippen LogP contribution is -2.08. The smallest absolute Gasteiger partial charge is 0.163 e. The van der Waals surface area contributed by atoms with Crippen LogP contribution >= 0.6 is 0 Å². The van der Waals surface area contributed by atoms with Crippen LogP contribution < -0.4 is 0 Å². The number of allylic oxidation sites excluding steroid dienone is 1. The molecule has 0 unspecified atom stereocenters. The summed E-state index contributed by atoms with van der Waals surface area (Å²) in [6, 6.07) is 0. The summed E-state index contributed by atoms with van der Waals surface area (Å²) in [5, 5.41) is 0. The molecule has 0 saturated carbocycles. The summed E-state index contributed by atoms with van der Waals surface area (Å²) < 4.78 is 2.02. The molecule has 0 aromatic heterocycles. The Balaban J connectivity index is 3.93. The van der Waals surface area contributed by atoms with Crippen molar-refractivity contribution in [2.75, 3.05) is 13.1 Å². The third-order valence-electron chi connectivity index (χ3n) is 1.25. The predicted octanol–water partition coefficient (Wildman–Crippen LogP) is 0.854. The van der Waals surface area contributed by atoms with E-state index in [9.17, 15) is 4.79 Å². The quantitative estimate of drug-likeness (QED) is 0.322. The number of hydrogen-bond donors (Lipinski definition) is 0. The molecule has 2 nitrogen and oxygen atoms in total. The standard InChI is InChI=1S/C8H14NO/c1-3-9(4-2)7-5-6-8-10/h5,8H,3-4,6H2,1-2H3/q+1. The molecule has 0 bridgehead atoms. The van der Waals surface area contributed by atoms with Crippen LogP contribution in [0.15, 0.2) is 6.08 Å². The van der Waals surface area contributed by atoms with Gasteiger partial charge >= 0.3 is 0 Å². The first kappa shape index (κ1) is 9.12. The molecule has 0 N–H and O–H groups in total. The van der Waals surface area contributed by atoms with Gasteiger partial charge in [0.1, 0.15) is 19.4 Å². The van der Waals surface area contributed by atoms with Gasteiger partial charge in [-0.3, -0.25) is 0 Å². The molecule has 0 rings (SSSR count). The van der Waals surface area contributed by atoms with E-state index >= 15 is 0 Å². The van der Waals surface area contributed by atoms with Crippen LogP contribution in [0, 0.1) is 0 Å². The van der Waals surface area contributed by atoms with E-state index in [2.05, 4.69) is 19.7 Å². The Bertz CT molecular complexity index is 149. The van der Waals surface area contributed by atoms with Gasteiger partial charge in [0.05, 0.1) is 0 Å². The number of hydrogen-bond acceptors (Lipinski definition) is 1. The van der Waals surface area contributed by atoms with Gasteiger partial charge in [-0.2, -0.15) is 4.58 Å². The highest BCUT2D eigenvalue weighted by atomic mass is 16.1. The van der Waals surface area contributed by atoms with Crippen LogP contribution in [0.4, 0.5) is 0 Å². The first-order chi connectivity index (χ1) is 4.85. The minimum Gasteiger partial charge on any atom is -0.303 e. The molecule has 2 heteroatoms. The van der Waals surface area contributed by atoms with E-state index in [4.69, 9.17) is 0 Å². The van der Waals surface area contributed by atoms with E-state index in [0.717, 1.165) is 19.4 Å². The molecule has 0 aliphatic heterocycles. The van der Waals surface area contributed by atoms with Crippen molar-refractivity contribution < 1.29 is 9.37 Å². The van der Waals surface area contributed by atoms with Crippen LogP contribution in [-0.2, 0) is 4.79 Å². The molecule has 0 heterocycles. The molecule has 0 radical (unpaired) electrons. The van der Waals surface area contributed by atoms with Crippen molar-refractivity contribution in [1.82, 2.24) is 0 Å². The van der Waals surface area contributed by atoms with E-state index < -0.39 is 0 Å². The SMILES string of the molecule is CC[N+](=C=CCC=O)CC. The lowest BCUT2D eigenvalue weighted by atomic mass is 10.5. The van der Waals surface area contributed by atoms with Gasteiger partial charge in [0.25, 0.3) is 0 Å². The van der Waals surface area contributed by atoms with Gasteiger partial charge in [0, 0.05) is 12.5 Å². The van der Waals surface area contributed by atoms with Gasteiger partial charge in [-0.05, 0) is 13.8 Å². The number of nitrogens with zero attached hydrogens (tertiary/aromatic N) is 1. The summed E-state index contributed by atoms with van der Waals surface area (Å²) in [6.07, 6.45) is 3.09. The molecule has 0 saturated heterocycles. The van der Waals surface area contributed by atoms with Gasteiger partial charge in [-0.1, -0.05) is 0 Å². The fraction of sp³-hybridized carbons (Fsp3) is 0.625. The topological polar surface area (TPSA) is 20.1 Å². The molecule has 0 fully saturated rings. The molecule has 0 aliphatic rings. The molecular formula is C8H14NO+. The largest absolute Gasteiger partial charge is 0.303 e. The van der Waals surface area contributed by atoms with E-state index in [1.807, 2.05) is 4.58 Å². The van der Waals surface area contributed by atoms with Crippen molar-refractivity contribution in [1.29, 1.82) is 0 Å². The molecule has 0 spiro atoms. The normalized spacial score (nSPS) is 8.20. The highest BCUT2D eigenvalue weighted by Crippen LogP contribution is 1.71. The average Bonchev–Trinajstić information content (AvgIpc) is 1.99. The van der Waals surface area contributed by atoms with Crippen LogP contribution in [0.1, 0.15) is 20.3 Å². The maximum Gasteiger partial charge on any atom is 0.163 e. The second-order valence-electron chi connectivity index (χ2n) is 1.91. The number of carbonyl (C=O) groups is 1. The van der Waals surface area contributed by atoms with E-state index in [-0.39, 0.29) is 0 Å². The molecule has 0 amide bonds. The van der Waals surface area contributed by atoms with Gasteiger partial charge < -0.3 is 4.79 Å². The molecular weight excluding hydrogens is 126 g/mol. The maximum absolute atomic E-state index is 9.87. The van der Waals surface area contributed by atoms with Crippen molar-refractivity contribution in [3.8, 4) is 0 Å². The van der Waals surface area contributed by atoms with Crippen molar-refractivity contribution >= 4 is 12.2 Å². The van der Waals surface area contributed by atoms with Crippen LogP contribution in [0.5, 0.6) is 0 Å². The van der Waals surface area contributed by atoms with Crippen molar-refractivity contribution in [2.45, 2.75) is 20.3 Å². The van der Waals surface area contributed by atoms with Crippen LogP contribution in [0.25, 0.3) is 0 Å². The highest BCUT2D eigenvalue weighted by molar-refractivity contribution is 5.58. The summed E-state index contributed by atoms with van der Waals surface area (Å²) in [5.41, 5.74) is 0. The predicted molar refractivity (Wildman–Crippen MR) is 41.6 cm³/mol. The zero-order valence-electron chi connectivity index (χ0n) is 6.63. The minimum absolute atomic E-state index is 0.469. The third kappa shape index (κ3) is 4.04. The Morgan fingerprint density at radius 1 is 1.40 bits per heavy atom. The first-order valence-electron chi connectivity index (χ1n) is 3.61. The summed E-state index contributed by atoms with van der Waals surface area (Å²) in [6.45, 7) is 6.02. The van der Waals surface area contributed by atoms with E-state index in [1.165, 1.54) is 0 Å². The maximum atomic E-state index is 9.87. The Morgan fingerprint density at radius 2 is 2.00 bits per heavy atom.